The van der Waals surface area contributed by atoms with Gasteiger partial charge in [0.05, 0.1) is 0 Å². The lowest BCUT2D eigenvalue weighted by Gasteiger charge is -2.33. The topological polar surface area (TPSA) is 9.23 Å². The Morgan fingerprint density at radius 1 is 1.00 bits per heavy atom. The average molecular weight is 326 g/mol. The molecule has 1 atom stereocenters. The number of allylic oxidation sites excluding steroid dienone is 2. The standard InChI is InChI=1S/C19H25F3O/c1-12(2)14-17(22)15(20)13(3)16(21)18(14)23-19(4)10-8-6-5-7-9-11-19/h5-6,12H,7-11H2,1-4H3/b6-5-. The highest BCUT2D eigenvalue weighted by Crippen LogP contribution is 2.39. The number of hydrogen-bond donors (Lipinski definition) is 0. The molecule has 23 heavy (non-hydrogen) atoms. The second-order valence-electron chi connectivity index (χ2n) is 6.92. The minimum atomic E-state index is -1.12. The highest BCUT2D eigenvalue weighted by atomic mass is 19.2. The zero-order valence-corrected chi connectivity index (χ0v) is 14.3. The van der Waals surface area contributed by atoms with Crippen LogP contribution in [-0.4, -0.2) is 5.60 Å². The molecule has 1 unspecified atom stereocenters. The summed E-state index contributed by atoms with van der Waals surface area (Å²) in [6.07, 6.45) is 8.42. The van der Waals surface area contributed by atoms with Gasteiger partial charge >= 0.3 is 0 Å². The van der Waals surface area contributed by atoms with Crippen molar-refractivity contribution in [2.24, 2.45) is 0 Å². The first-order valence-corrected chi connectivity index (χ1v) is 8.28. The molecule has 0 saturated heterocycles. The number of rotatable bonds is 3. The van der Waals surface area contributed by atoms with Gasteiger partial charge in [0, 0.05) is 11.1 Å². The summed E-state index contributed by atoms with van der Waals surface area (Å²) in [4.78, 5) is 0. The molecule has 1 aliphatic rings. The van der Waals surface area contributed by atoms with Crippen molar-refractivity contribution in [2.45, 2.75) is 71.3 Å². The Kier molecular flexibility index (Phi) is 5.43. The molecule has 0 N–H and O–H groups in total. The largest absolute Gasteiger partial charge is 0.484 e. The maximum Gasteiger partial charge on any atom is 0.171 e. The molecule has 1 aromatic rings. The van der Waals surface area contributed by atoms with E-state index in [4.69, 9.17) is 4.74 Å². The first-order chi connectivity index (χ1) is 10.8. The van der Waals surface area contributed by atoms with Crippen molar-refractivity contribution in [2.75, 3.05) is 0 Å². The van der Waals surface area contributed by atoms with E-state index in [-0.39, 0.29) is 22.8 Å². The zero-order chi connectivity index (χ0) is 17.2. The molecular weight excluding hydrogens is 301 g/mol. The van der Waals surface area contributed by atoms with E-state index in [1.807, 2.05) is 6.92 Å². The average Bonchev–Trinajstić information content (AvgIpc) is 2.47. The van der Waals surface area contributed by atoms with Gasteiger partial charge in [-0.15, -0.1) is 0 Å². The molecule has 0 heterocycles. The Labute approximate surface area is 136 Å². The van der Waals surface area contributed by atoms with E-state index in [1.54, 1.807) is 13.8 Å². The molecule has 0 radical (unpaired) electrons. The number of halogens is 3. The minimum Gasteiger partial charge on any atom is -0.484 e. The first-order valence-electron chi connectivity index (χ1n) is 8.28. The van der Waals surface area contributed by atoms with Gasteiger partial charge in [-0.3, -0.25) is 0 Å². The predicted octanol–water partition coefficient (Wildman–Crippen LogP) is 6.19. The van der Waals surface area contributed by atoms with Crippen LogP contribution >= 0.6 is 0 Å². The molecule has 2 rings (SSSR count). The summed E-state index contributed by atoms with van der Waals surface area (Å²) in [5.74, 6) is -3.39. The highest BCUT2D eigenvalue weighted by molar-refractivity contribution is 5.43. The summed E-state index contributed by atoms with van der Waals surface area (Å²) < 4.78 is 48.9. The summed E-state index contributed by atoms with van der Waals surface area (Å²) in [5.41, 5.74) is -0.910. The van der Waals surface area contributed by atoms with Gasteiger partial charge in [0.25, 0.3) is 0 Å². The van der Waals surface area contributed by atoms with Crippen molar-refractivity contribution in [3.63, 3.8) is 0 Å². The lowest BCUT2D eigenvalue weighted by Crippen LogP contribution is -2.34. The van der Waals surface area contributed by atoms with Crippen LogP contribution in [0.1, 0.15) is 69.9 Å². The van der Waals surface area contributed by atoms with E-state index in [0.29, 0.717) is 0 Å². The van der Waals surface area contributed by atoms with E-state index >= 15 is 0 Å². The molecule has 1 nitrogen and oxygen atoms in total. The van der Waals surface area contributed by atoms with Crippen LogP contribution in [0.15, 0.2) is 12.2 Å². The van der Waals surface area contributed by atoms with Crippen molar-refractivity contribution < 1.29 is 17.9 Å². The van der Waals surface area contributed by atoms with Crippen LogP contribution in [0.25, 0.3) is 0 Å². The third-order valence-corrected chi connectivity index (χ3v) is 4.54. The first kappa shape index (κ1) is 17.9. The van der Waals surface area contributed by atoms with Gasteiger partial charge in [0.2, 0.25) is 0 Å². The minimum absolute atomic E-state index is 0.00979. The number of ether oxygens (including phenoxy) is 1. The van der Waals surface area contributed by atoms with Crippen LogP contribution in [0.4, 0.5) is 13.2 Å². The van der Waals surface area contributed by atoms with E-state index in [9.17, 15) is 13.2 Å². The van der Waals surface area contributed by atoms with Crippen molar-refractivity contribution >= 4 is 0 Å². The third kappa shape index (κ3) is 3.73. The van der Waals surface area contributed by atoms with E-state index in [1.165, 1.54) is 6.92 Å². The van der Waals surface area contributed by atoms with Gasteiger partial charge in [-0.05, 0) is 51.9 Å². The molecule has 0 bridgehead atoms. The molecule has 0 spiro atoms. The maximum absolute atomic E-state index is 14.6. The number of benzene rings is 1. The molecule has 4 heteroatoms. The van der Waals surface area contributed by atoms with Crippen LogP contribution in [-0.2, 0) is 0 Å². The van der Waals surface area contributed by atoms with Gasteiger partial charge in [0.15, 0.2) is 23.2 Å². The van der Waals surface area contributed by atoms with Crippen LogP contribution in [0.5, 0.6) is 5.75 Å². The Bertz CT molecular complexity index is 607. The van der Waals surface area contributed by atoms with E-state index < -0.39 is 23.1 Å². The molecule has 128 valence electrons. The van der Waals surface area contributed by atoms with Gasteiger partial charge < -0.3 is 4.74 Å². The van der Waals surface area contributed by atoms with Crippen molar-refractivity contribution in [3.8, 4) is 5.75 Å². The van der Waals surface area contributed by atoms with Crippen molar-refractivity contribution in [1.82, 2.24) is 0 Å². The SMILES string of the molecule is Cc1c(F)c(F)c(C(C)C)c(OC2(C)CC/C=C\CCC2)c1F. The van der Waals surface area contributed by atoms with Gasteiger partial charge in [0.1, 0.15) is 5.60 Å². The van der Waals surface area contributed by atoms with Crippen molar-refractivity contribution in [3.05, 3.63) is 40.7 Å². The number of hydrogen-bond acceptors (Lipinski definition) is 1. The molecule has 0 amide bonds. The fourth-order valence-electron chi connectivity index (χ4n) is 3.07. The Morgan fingerprint density at radius 3 is 2.30 bits per heavy atom. The predicted molar refractivity (Wildman–Crippen MR) is 86.4 cm³/mol. The van der Waals surface area contributed by atoms with Crippen molar-refractivity contribution in [1.29, 1.82) is 0 Å². The Morgan fingerprint density at radius 2 is 1.65 bits per heavy atom. The molecule has 0 aromatic heterocycles. The van der Waals surface area contributed by atoms with Crippen LogP contribution in [0.3, 0.4) is 0 Å². The summed E-state index contributed by atoms with van der Waals surface area (Å²) in [6, 6.07) is 0. The normalized spacial score (nSPS) is 23.5. The zero-order valence-electron chi connectivity index (χ0n) is 14.3. The molecular formula is C19H25F3O. The molecule has 0 aliphatic heterocycles. The van der Waals surface area contributed by atoms with E-state index in [0.717, 1.165) is 32.1 Å². The highest BCUT2D eigenvalue weighted by Gasteiger charge is 2.32. The quantitative estimate of drug-likeness (QED) is 0.475. The summed E-state index contributed by atoms with van der Waals surface area (Å²) in [6.45, 7) is 6.59. The van der Waals surface area contributed by atoms with Gasteiger partial charge in [-0.1, -0.05) is 26.0 Å². The third-order valence-electron chi connectivity index (χ3n) is 4.54. The monoisotopic (exact) mass is 326 g/mol. The molecule has 1 aliphatic carbocycles. The fourth-order valence-corrected chi connectivity index (χ4v) is 3.07. The fraction of sp³-hybridized carbons (Fsp3) is 0.579. The second kappa shape index (κ2) is 6.98. The van der Waals surface area contributed by atoms with Gasteiger partial charge in [-0.2, -0.15) is 0 Å². The molecule has 0 fully saturated rings. The molecule has 0 saturated carbocycles. The Balaban J connectivity index is 2.47. The van der Waals surface area contributed by atoms with E-state index in [2.05, 4.69) is 12.2 Å². The summed E-state index contributed by atoms with van der Waals surface area (Å²) in [5, 5.41) is 0. The second-order valence-corrected chi connectivity index (χ2v) is 6.92. The lowest BCUT2D eigenvalue weighted by molar-refractivity contribution is 0.0607. The molecule has 1 aromatic carbocycles. The Hall–Kier alpha value is -1.45. The smallest absolute Gasteiger partial charge is 0.171 e. The summed E-state index contributed by atoms with van der Waals surface area (Å²) in [7, 11) is 0. The maximum atomic E-state index is 14.6. The van der Waals surface area contributed by atoms with Gasteiger partial charge in [-0.25, -0.2) is 13.2 Å². The summed E-state index contributed by atoms with van der Waals surface area (Å²) >= 11 is 0. The van der Waals surface area contributed by atoms with Crippen LogP contribution < -0.4 is 4.74 Å². The lowest BCUT2D eigenvalue weighted by atomic mass is 9.90. The van der Waals surface area contributed by atoms with Crippen LogP contribution in [0, 0.1) is 24.4 Å². The van der Waals surface area contributed by atoms with Crippen LogP contribution in [0.2, 0.25) is 0 Å².